The zero-order valence-electron chi connectivity index (χ0n) is 15.9. The predicted molar refractivity (Wildman–Crippen MR) is 108 cm³/mol. The number of nitrogens with one attached hydrogen (secondary N) is 2. The molecular formula is C21H18FN7. The third-order valence-corrected chi connectivity index (χ3v) is 5.15. The second-order valence-electron chi connectivity index (χ2n) is 6.97. The SMILES string of the molecule is Cc1[nH]ncc1-c1cnc2[nH]cc(-c3cnn(C(C)c4ccccc4F)c3)c2n1. The molecule has 1 atom stereocenters. The van der Waals surface area contributed by atoms with E-state index in [0.29, 0.717) is 11.2 Å². The monoisotopic (exact) mass is 387 g/mol. The lowest BCUT2D eigenvalue weighted by atomic mass is 10.1. The molecule has 0 fully saturated rings. The molecule has 1 unspecified atom stereocenters. The smallest absolute Gasteiger partial charge is 0.156 e. The summed E-state index contributed by atoms with van der Waals surface area (Å²) in [5.41, 5.74) is 6.41. The Hall–Kier alpha value is -3.81. The third kappa shape index (κ3) is 2.89. The summed E-state index contributed by atoms with van der Waals surface area (Å²) in [5, 5.41) is 11.4. The Morgan fingerprint density at radius 1 is 1.10 bits per heavy atom. The molecule has 0 aliphatic carbocycles. The summed E-state index contributed by atoms with van der Waals surface area (Å²) in [6.45, 7) is 3.87. The van der Waals surface area contributed by atoms with Gasteiger partial charge in [0, 0.05) is 40.3 Å². The summed E-state index contributed by atoms with van der Waals surface area (Å²) in [6, 6.07) is 6.52. The molecule has 7 nitrogen and oxygen atoms in total. The van der Waals surface area contributed by atoms with Gasteiger partial charge in [0.25, 0.3) is 0 Å². The van der Waals surface area contributed by atoms with Gasteiger partial charge in [-0.25, -0.2) is 14.4 Å². The number of nitrogens with zero attached hydrogens (tertiary/aromatic N) is 5. The quantitative estimate of drug-likeness (QED) is 0.482. The molecular weight excluding hydrogens is 369 g/mol. The Morgan fingerprint density at radius 2 is 1.97 bits per heavy atom. The van der Waals surface area contributed by atoms with E-state index in [1.807, 2.05) is 32.3 Å². The molecule has 0 saturated carbocycles. The molecule has 5 rings (SSSR count). The highest BCUT2D eigenvalue weighted by Gasteiger charge is 2.17. The maximum atomic E-state index is 14.2. The lowest BCUT2D eigenvalue weighted by Gasteiger charge is -2.13. The average molecular weight is 387 g/mol. The number of aromatic amines is 2. The zero-order chi connectivity index (χ0) is 20.0. The lowest BCUT2D eigenvalue weighted by molar-refractivity contribution is 0.521. The standard InChI is InChI=1S/C21H18FN7/c1-12-16(9-25-28-12)19-10-24-21-20(27-19)17(8-23-21)14-7-26-29(11-14)13(2)15-5-3-4-6-18(15)22/h3-11,13H,1-2H3,(H,23,24)(H,25,28). The molecule has 0 spiro atoms. The van der Waals surface area contributed by atoms with E-state index in [1.165, 1.54) is 6.07 Å². The molecule has 0 amide bonds. The van der Waals surface area contributed by atoms with Crippen LogP contribution in [0.3, 0.4) is 0 Å². The lowest BCUT2D eigenvalue weighted by Crippen LogP contribution is -2.08. The topological polar surface area (TPSA) is 88.1 Å². The largest absolute Gasteiger partial charge is 0.344 e. The molecule has 144 valence electrons. The first-order valence-corrected chi connectivity index (χ1v) is 9.25. The molecule has 0 bridgehead atoms. The summed E-state index contributed by atoms with van der Waals surface area (Å²) in [7, 11) is 0. The zero-order valence-corrected chi connectivity index (χ0v) is 15.9. The molecule has 8 heteroatoms. The van der Waals surface area contributed by atoms with Crippen molar-refractivity contribution in [1.82, 2.24) is 34.9 Å². The van der Waals surface area contributed by atoms with Crippen molar-refractivity contribution in [3.63, 3.8) is 0 Å². The van der Waals surface area contributed by atoms with E-state index in [-0.39, 0.29) is 11.9 Å². The van der Waals surface area contributed by atoms with Crippen LogP contribution in [0.4, 0.5) is 4.39 Å². The fourth-order valence-corrected chi connectivity index (χ4v) is 3.50. The van der Waals surface area contributed by atoms with E-state index < -0.39 is 0 Å². The van der Waals surface area contributed by atoms with Crippen molar-refractivity contribution in [2.24, 2.45) is 0 Å². The number of hydrogen-bond acceptors (Lipinski definition) is 4. The molecule has 4 aromatic heterocycles. The number of H-pyrrole nitrogens is 2. The summed E-state index contributed by atoms with van der Waals surface area (Å²) in [4.78, 5) is 12.4. The van der Waals surface area contributed by atoms with Gasteiger partial charge >= 0.3 is 0 Å². The van der Waals surface area contributed by atoms with Crippen LogP contribution in [0, 0.1) is 12.7 Å². The van der Waals surface area contributed by atoms with E-state index in [9.17, 15) is 4.39 Å². The highest BCUT2D eigenvalue weighted by atomic mass is 19.1. The molecule has 29 heavy (non-hydrogen) atoms. The Balaban J connectivity index is 1.55. The van der Waals surface area contributed by atoms with Crippen LogP contribution in [0.1, 0.15) is 24.2 Å². The van der Waals surface area contributed by atoms with Crippen LogP contribution >= 0.6 is 0 Å². The van der Waals surface area contributed by atoms with Gasteiger partial charge in [-0.3, -0.25) is 9.78 Å². The van der Waals surface area contributed by atoms with E-state index >= 15 is 0 Å². The van der Waals surface area contributed by atoms with Crippen LogP contribution in [0.5, 0.6) is 0 Å². The Labute approximate surface area is 165 Å². The van der Waals surface area contributed by atoms with Crippen LogP contribution in [0.15, 0.2) is 55.2 Å². The fourth-order valence-electron chi connectivity index (χ4n) is 3.50. The number of aromatic nitrogens is 7. The van der Waals surface area contributed by atoms with Gasteiger partial charge in [0.1, 0.15) is 11.3 Å². The Kier molecular flexibility index (Phi) is 3.97. The molecule has 1 aromatic carbocycles. The third-order valence-electron chi connectivity index (χ3n) is 5.15. The summed E-state index contributed by atoms with van der Waals surface area (Å²) in [6.07, 6.45) is 9.00. The second kappa shape index (κ2) is 6.66. The first-order chi connectivity index (χ1) is 14.1. The highest BCUT2D eigenvalue weighted by molar-refractivity contribution is 5.91. The maximum absolute atomic E-state index is 14.2. The average Bonchev–Trinajstić information content (AvgIpc) is 3.46. The first-order valence-electron chi connectivity index (χ1n) is 9.25. The van der Waals surface area contributed by atoms with Crippen molar-refractivity contribution in [1.29, 1.82) is 0 Å². The summed E-state index contributed by atoms with van der Waals surface area (Å²) >= 11 is 0. The van der Waals surface area contributed by atoms with Crippen LogP contribution in [-0.2, 0) is 0 Å². The predicted octanol–water partition coefficient (Wildman–Crippen LogP) is 4.27. The number of fused-ring (bicyclic) bond motifs is 1. The molecule has 2 N–H and O–H groups in total. The molecule has 0 aliphatic heterocycles. The van der Waals surface area contributed by atoms with E-state index in [2.05, 4.69) is 25.3 Å². The van der Waals surface area contributed by atoms with E-state index in [0.717, 1.165) is 33.6 Å². The molecule has 4 heterocycles. The van der Waals surface area contributed by atoms with Gasteiger partial charge in [-0.1, -0.05) is 18.2 Å². The van der Waals surface area contributed by atoms with Gasteiger partial charge < -0.3 is 4.98 Å². The van der Waals surface area contributed by atoms with Gasteiger partial charge in [-0.05, 0) is 19.9 Å². The summed E-state index contributed by atoms with van der Waals surface area (Å²) < 4.78 is 15.9. The number of halogens is 1. The fraction of sp³-hybridized carbons (Fsp3) is 0.143. The Morgan fingerprint density at radius 3 is 2.76 bits per heavy atom. The van der Waals surface area contributed by atoms with Crippen molar-refractivity contribution in [2.75, 3.05) is 0 Å². The van der Waals surface area contributed by atoms with Crippen LogP contribution in [0.2, 0.25) is 0 Å². The minimum atomic E-state index is -0.241. The van der Waals surface area contributed by atoms with Gasteiger partial charge in [0.15, 0.2) is 5.65 Å². The van der Waals surface area contributed by atoms with Gasteiger partial charge in [0.2, 0.25) is 0 Å². The van der Waals surface area contributed by atoms with Crippen molar-refractivity contribution in [3.05, 3.63) is 72.3 Å². The van der Waals surface area contributed by atoms with Crippen LogP contribution in [0.25, 0.3) is 33.5 Å². The van der Waals surface area contributed by atoms with E-state index in [1.54, 1.807) is 35.4 Å². The van der Waals surface area contributed by atoms with Crippen LogP contribution in [-0.4, -0.2) is 34.9 Å². The van der Waals surface area contributed by atoms with Crippen molar-refractivity contribution < 1.29 is 4.39 Å². The van der Waals surface area contributed by atoms with Crippen molar-refractivity contribution in [3.8, 4) is 22.4 Å². The number of hydrogen-bond donors (Lipinski definition) is 2. The van der Waals surface area contributed by atoms with Crippen molar-refractivity contribution in [2.45, 2.75) is 19.9 Å². The molecule has 0 aliphatic rings. The van der Waals surface area contributed by atoms with E-state index in [4.69, 9.17) is 4.98 Å². The highest BCUT2D eigenvalue weighted by Crippen LogP contribution is 2.30. The molecule has 5 aromatic rings. The Bertz CT molecular complexity index is 1310. The maximum Gasteiger partial charge on any atom is 0.156 e. The van der Waals surface area contributed by atoms with Gasteiger partial charge in [-0.15, -0.1) is 0 Å². The van der Waals surface area contributed by atoms with Crippen LogP contribution < -0.4 is 0 Å². The minimum absolute atomic E-state index is 0.231. The van der Waals surface area contributed by atoms with Gasteiger partial charge in [0.05, 0.1) is 30.3 Å². The minimum Gasteiger partial charge on any atom is -0.344 e. The number of rotatable bonds is 4. The van der Waals surface area contributed by atoms with Gasteiger partial charge in [-0.2, -0.15) is 10.2 Å². The summed E-state index contributed by atoms with van der Waals surface area (Å²) in [5.74, 6) is -0.241. The second-order valence-corrected chi connectivity index (χ2v) is 6.97. The molecule has 0 radical (unpaired) electrons. The van der Waals surface area contributed by atoms with Crippen molar-refractivity contribution >= 4 is 11.2 Å². The normalized spacial score (nSPS) is 12.5. The number of benzene rings is 1. The molecule has 0 saturated heterocycles. The number of aryl methyl sites for hydroxylation is 1. The first kappa shape index (κ1) is 17.3.